The van der Waals surface area contributed by atoms with Crippen molar-refractivity contribution in [2.45, 2.75) is 31.6 Å². The number of ether oxygens (including phenoxy) is 1. The number of carbonyl (C=O) groups excluding carboxylic acids is 1. The van der Waals surface area contributed by atoms with Gasteiger partial charge in [-0.3, -0.25) is 4.72 Å². The lowest BCUT2D eigenvalue weighted by atomic mass is 10.1. The van der Waals surface area contributed by atoms with Gasteiger partial charge in [-0.1, -0.05) is 31.5 Å². The summed E-state index contributed by atoms with van der Waals surface area (Å²) in [6.45, 7) is 3.84. The third-order valence-corrected chi connectivity index (χ3v) is 5.06. The third-order valence-electron chi connectivity index (χ3n) is 3.68. The minimum atomic E-state index is -3.72. The molecule has 0 bridgehead atoms. The van der Waals surface area contributed by atoms with Gasteiger partial charge in [-0.15, -0.1) is 0 Å². The Morgan fingerprint density at radius 3 is 2.38 bits per heavy atom. The summed E-state index contributed by atoms with van der Waals surface area (Å²) in [5.41, 5.74) is 2.46. The van der Waals surface area contributed by atoms with E-state index in [-0.39, 0.29) is 4.90 Å². The Morgan fingerprint density at radius 1 is 1.12 bits per heavy atom. The summed E-state index contributed by atoms with van der Waals surface area (Å²) in [5.74, 6) is -0.514. The van der Waals surface area contributed by atoms with Crippen LogP contribution in [0.5, 0.6) is 0 Å². The molecule has 0 aliphatic carbocycles. The molecule has 0 aromatic heterocycles. The lowest BCUT2D eigenvalue weighted by Crippen LogP contribution is -2.14. The number of esters is 1. The van der Waals surface area contributed by atoms with Crippen LogP contribution in [-0.2, 0) is 21.2 Å². The standard InChI is InChI=1S/C18H21NO4S/c1-4-5-14-7-10-16(11-8-14)24(21,22)19-17-12-15(18(20)23-3)9-6-13(17)2/h6-12,19H,4-5H2,1-3H3. The molecule has 1 N–H and O–H groups in total. The van der Waals surface area contributed by atoms with Crippen LogP contribution in [0, 0.1) is 6.92 Å². The van der Waals surface area contributed by atoms with E-state index >= 15 is 0 Å². The Morgan fingerprint density at radius 2 is 1.79 bits per heavy atom. The number of benzene rings is 2. The molecule has 0 saturated carbocycles. The van der Waals surface area contributed by atoms with Crippen molar-refractivity contribution in [3.8, 4) is 0 Å². The molecule has 0 unspecified atom stereocenters. The maximum Gasteiger partial charge on any atom is 0.337 e. The highest BCUT2D eigenvalue weighted by atomic mass is 32.2. The maximum atomic E-state index is 12.5. The summed E-state index contributed by atoms with van der Waals surface area (Å²) in [6.07, 6.45) is 1.91. The number of aryl methyl sites for hydroxylation is 2. The Labute approximate surface area is 142 Å². The van der Waals surface area contributed by atoms with Gasteiger partial charge < -0.3 is 4.74 Å². The molecule has 0 saturated heterocycles. The molecule has 5 nitrogen and oxygen atoms in total. The van der Waals surface area contributed by atoms with Crippen LogP contribution >= 0.6 is 0 Å². The topological polar surface area (TPSA) is 72.5 Å². The van der Waals surface area contributed by atoms with Gasteiger partial charge in [0, 0.05) is 0 Å². The molecule has 2 aromatic carbocycles. The lowest BCUT2D eigenvalue weighted by molar-refractivity contribution is 0.0601. The summed E-state index contributed by atoms with van der Waals surface area (Å²) in [5, 5.41) is 0. The van der Waals surface area contributed by atoms with Crippen LogP contribution < -0.4 is 4.72 Å². The van der Waals surface area contributed by atoms with E-state index in [1.807, 2.05) is 12.1 Å². The van der Waals surface area contributed by atoms with Crippen LogP contribution in [0.4, 0.5) is 5.69 Å². The van der Waals surface area contributed by atoms with Crippen molar-refractivity contribution in [3.05, 3.63) is 59.2 Å². The Balaban J connectivity index is 2.30. The summed E-state index contributed by atoms with van der Waals surface area (Å²) in [4.78, 5) is 11.8. The Kier molecular flexibility index (Phi) is 5.62. The van der Waals surface area contributed by atoms with Gasteiger partial charge in [0.2, 0.25) is 0 Å². The van der Waals surface area contributed by atoms with Crippen molar-refractivity contribution in [1.29, 1.82) is 0 Å². The second-order valence-corrected chi connectivity index (χ2v) is 7.20. The number of carbonyl (C=O) groups is 1. The largest absolute Gasteiger partial charge is 0.465 e. The summed E-state index contributed by atoms with van der Waals surface area (Å²) in [6, 6.07) is 11.6. The smallest absolute Gasteiger partial charge is 0.337 e. The second-order valence-electron chi connectivity index (χ2n) is 5.52. The molecule has 0 aliphatic rings. The number of hydrogen-bond acceptors (Lipinski definition) is 4. The van der Waals surface area contributed by atoms with Gasteiger partial charge in [-0.25, -0.2) is 13.2 Å². The third kappa shape index (κ3) is 4.14. The van der Waals surface area contributed by atoms with Gasteiger partial charge in [0.15, 0.2) is 0 Å². The van der Waals surface area contributed by atoms with Crippen molar-refractivity contribution in [2.75, 3.05) is 11.8 Å². The number of nitrogens with one attached hydrogen (secondary N) is 1. The van der Waals surface area contributed by atoms with Crippen molar-refractivity contribution in [2.24, 2.45) is 0 Å². The van der Waals surface area contributed by atoms with Crippen LogP contribution in [0.15, 0.2) is 47.4 Å². The minimum absolute atomic E-state index is 0.185. The maximum absolute atomic E-state index is 12.5. The van der Waals surface area contributed by atoms with Crippen LogP contribution in [0.3, 0.4) is 0 Å². The van der Waals surface area contributed by atoms with E-state index in [9.17, 15) is 13.2 Å². The predicted molar refractivity (Wildman–Crippen MR) is 93.8 cm³/mol. The van der Waals surface area contributed by atoms with Crippen molar-refractivity contribution < 1.29 is 17.9 Å². The molecule has 0 heterocycles. The molecule has 0 fully saturated rings. The molecule has 0 aliphatic heterocycles. The number of methoxy groups -OCH3 is 1. The molecule has 2 aromatic rings. The van der Waals surface area contributed by atoms with Gasteiger partial charge in [-0.2, -0.15) is 0 Å². The van der Waals surface area contributed by atoms with Crippen LogP contribution in [0.2, 0.25) is 0 Å². The monoisotopic (exact) mass is 347 g/mol. The van der Waals surface area contributed by atoms with E-state index in [1.54, 1.807) is 31.2 Å². The molecule has 0 atom stereocenters. The highest BCUT2D eigenvalue weighted by molar-refractivity contribution is 7.92. The van der Waals surface area contributed by atoms with Crippen LogP contribution in [0.25, 0.3) is 0 Å². The molecule has 24 heavy (non-hydrogen) atoms. The zero-order valence-corrected chi connectivity index (χ0v) is 14.8. The van der Waals surface area contributed by atoms with Crippen LogP contribution in [0.1, 0.15) is 34.8 Å². The average molecular weight is 347 g/mol. The first-order chi connectivity index (χ1) is 11.4. The van der Waals surface area contributed by atoms with Gasteiger partial charge in [0.05, 0.1) is 23.3 Å². The molecule has 128 valence electrons. The van der Waals surface area contributed by atoms with Crippen molar-refractivity contribution in [3.63, 3.8) is 0 Å². The van der Waals surface area contributed by atoms with E-state index in [1.165, 1.54) is 13.2 Å². The highest BCUT2D eigenvalue weighted by Crippen LogP contribution is 2.22. The highest BCUT2D eigenvalue weighted by Gasteiger charge is 2.16. The van der Waals surface area contributed by atoms with Gasteiger partial charge >= 0.3 is 5.97 Å². The Bertz CT molecular complexity index is 827. The fraction of sp³-hybridized carbons (Fsp3) is 0.278. The normalized spacial score (nSPS) is 11.1. The van der Waals surface area contributed by atoms with Crippen molar-refractivity contribution in [1.82, 2.24) is 0 Å². The van der Waals surface area contributed by atoms with E-state index in [0.29, 0.717) is 16.8 Å². The number of rotatable bonds is 6. The molecular formula is C18H21NO4S. The number of sulfonamides is 1. The molecule has 2 rings (SSSR count). The second kappa shape index (κ2) is 7.49. The molecule has 6 heteroatoms. The van der Waals surface area contributed by atoms with E-state index in [0.717, 1.165) is 18.4 Å². The predicted octanol–water partition coefficient (Wildman–Crippen LogP) is 3.53. The summed E-state index contributed by atoms with van der Waals surface area (Å²) < 4.78 is 32.3. The quantitative estimate of drug-likeness (QED) is 0.811. The minimum Gasteiger partial charge on any atom is -0.465 e. The van der Waals surface area contributed by atoms with Gasteiger partial charge in [0.1, 0.15) is 0 Å². The molecule has 0 amide bonds. The Hall–Kier alpha value is -2.34. The van der Waals surface area contributed by atoms with Crippen molar-refractivity contribution >= 4 is 21.7 Å². The molecular weight excluding hydrogens is 326 g/mol. The first kappa shape index (κ1) is 18.0. The number of hydrogen-bond donors (Lipinski definition) is 1. The van der Waals surface area contributed by atoms with E-state index < -0.39 is 16.0 Å². The summed E-state index contributed by atoms with van der Waals surface area (Å²) >= 11 is 0. The summed E-state index contributed by atoms with van der Waals surface area (Å²) in [7, 11) is -2.44. The number of anilines is 1. The molecule has 0 radical (unpaired) electrons. The zero-order valence-electron chi connectivity index (χ0n) is 14.0. The fourth-order valence-electron chi connectivity index (χ4n) is 2.30. The lowest BCUT2D eigenvalue weighted by Gasteiger charge is -2.12. The first-order valence-corrected chi connectivity index (χ1v) is 9.16. The first-order valence-electron chi connectivity index (χ1n) is 7.68. The fourth-order valence-corrected chi connectivity index (χ4v) is 3.43. The molecule has 0 spiro atoms. The zero-order chi connectivity index (χ0) is 17.7. The average Bonchev–Trinajstić information content (AvgIpc) is 2.57. The SMILES string of the molecule is CCCc1ccc(S(=O)(=O)Nc2cc(C(=O)OC)ccc2C)cc1. The van der Waals surface area contributed by atoms with Gasteiger partial charge in [-0.05, 0) is 48.7 Å². The van der Waals surface area contributed by atoms with Crippen LogP contribution in [-0.4, -0.2) is 21.5 Å². The van der Waals surface area contributed by atoms with E-state index in [4.69, 9.17) is 0 Å². The van der Waals surface area contributed by atoms with Gasteiger partial charge in [0.25, 0.3) is 10.0 Å². The van der Waals surface area contributed by atoms with E-state index in [2.05, 4.69) is 16.4 Å².